The average molecular weight is 274 g/mol. The van der Waals surface area contributed by atoms with Crippen LogP contribution in [0.3, 0.4) is 0 Å². The van der Waals surface area contributed by atoms with E-state index in [-0.39, 0.29) is 5.91 Å². The number of amides is 1. The predicted octanol–water partition coefficient (Wildman–Crippen LogP) is 0.874. The van der Waals surface area contributed by atoms with Gasteiger partial charge >= 0.3 is 0 Å². The number of carbonyl (C=O) groups is 1. The van der Waals surface area contributed by atoms with Gasteiger partial charge in [0.25, 0.3) is 5.91 Å². The summed E-state index contributed by atoms with van der Waals surface area (Å²) in [6.07, 6.45) is 2.79. The minimum Gasteiger partial charge on any atom is -0.391 e. The zero-order valence-electron chi connectivity index (χ0n) is 11.7. The van der Waals surface area contributed by atoms with Gasteiger partial charge in [0.2, 0.25) is 0 Å². The molecule has 1 aliphatic rings. The van der Waals surface area contributed by atoms with Crippen LogP contribution in [0.15, 0.2) is 12.3 Å². The Hall–Kier alpha value is -1.95. The first-order chi connectivity index (χ1) is 9.56. The summed E-state index contributed by atoms with van der Waals surface area (Å²) in [6.45, 7) is 3.01. The molecule has 1 amide bonds. The molecular formula is C14H18N4O2. The first-order valence-corrected chi connectivity index (χ1v) is 6.83. The van der Waals surface area contributed by atoms with Crippen LogP contribution in [0.5, 0.6) is 0 Å². The lowest BCUT2D eigenvalue weighted by atomic mass is 10.1. The summed E-state index contributed by atoms with van der Waals surface area (Å²) in [5, 5.41) is 14.9. The van der Waals surface area contributed by atoms with Crippen molar-refractivity contribution in [3.8, 4) is 0 Å². The molecular weight excluding hydrogens is 256 g/mol. The molecule has 3 rings (SSSR count). The van der Waals surface area contributed by atoms with E-state index in [0.717, 1.165) is 29.6 Å². The maximum Gasteiger partial charge on any atom is 0.255 e. The van der Waals surface area contributed by atoms with Crippen LogP contribution in [-0.2, 0) is 7.05 Å². The Bertz CT molecular complexity index is 664. The summed E-state index contributed by atoms with van der Waals surface area (Å²) in [5.41, 5.74) is 2.20. The number of aryl methyl sites for hydroxylation is 2. The number of pyridine rings is 1. The van der Waals surface area contributed by atoms with Crippen molar-refractivity contribution in [3.63, 3.8) is 0 Å². The summed E-state index contributed by atoms with van der Waals surface area (Å²) in [5.74, 6) is -0.0681. The molecule has 2 aromatic heterocycles. The third kappa shape index (κ3) is 2.16. The lowest BCUT2D eigenvalue weighted by Gasteiger charge is -2.30. The van der Waals surface area contributed by atoms with Crippen molar-refractivity contribution >= 4 is 16.9 Å². The Labute approximate surface area is 117 Å². The van der Waals surface area contributed by atoms with Gasteiger partial charge in [-0.2, -0.15) is 5.10 Å². The van der Waals surface area contributed by atoms with Gasteiger partial charge in [-0.05, 0) is 25.8 Å². The molecule has 1 fully saturated rings. The maximum absolute atomic E-state index is 12.5. The van der Waals surface area contributed by atoms with E-state index >= 15 is 0 Å². The predicted molar refractivity (Wildman–Crippen MR) is 74.4 cm³/mol. The summed E-state index contributed by atoms with van der Waals surface area (Å²) in [6, 6.07) is 1.84. The van der Waals surface area contributed by atoms with Crippen LogP contribution in [0, 0.1) is 6.92 Å². The van der Waals surface area contributed by atoms with Crippen LogP contribution in [0.2, 0.25) is 0 Å². The Balaban J connectivity index is 1.93. The van der Waals surface area contributed by atoms with Gasteiger partial charge in [0.15, 0.2) is 5.65 Å². The highest BCUT2D eigenvalue weighted by molar-refractivity contribution is 5.97. The quantitative estimate of drug-likeness (QED) is 0.837. The van der Waals surface area contributed by atoms with Crippen molar-refractivity contribution in [1.29, 1.82) is 0 Å². The molecule has 6 nitrogen and oxygen atoms in total. The number of carbonyl (C=O) groups excluding carboxylic acids is 1. The molecule has 0 saturated carbocycles. The number of piperidine rings is 1. The van der Waals surface area contributed by atoms with Gasteiger partial charge in [-0.15, -0.1) is 0 Å². The van der Waals surface area contributed by atoms with E-state index in [9.17, 15) is 9.90 Å². The molecule has 1 saturated heterocycles. The fourth-order valence-electron chi connectivity index (χ4n) is 2.75. The first kappa shape index (κ1) is 13.1. The van der Waals surface area contributed by atoms with Gasteiger partial charge in [0.1, 0.15) is 0 Å². The number of hydrogen-bond donors (Lipinski definition) is 1. The molecule has 6 heteroatoms. The van der Waals surface area contributed by atoms with E-state index in [4.69, 9.17) is 0 Å². The van der Waals surface area contributed by atoms with Crippen LogP contribution in [0.25, 0.3) is 11.0 Å². The van der Waals surface area contributed by atoms with Crippen LogP contribution >= 0.6 is 0 Å². The number of aliphatic hydroxyl groups is 1. The van der Waals surface area contributed by atoms with Crippen molar-refractivity contribution in [1.82, 2.24) is 19.7 Å². The summed E-state index contributed by atoms with van der Waals surface area (Å²) in [4.78, 5) is 18.5. The normalized spacial score (nSPS) is 19.6. The monoisotopic (exact) mass is 274 g/mol. The molecule has 0 radical (unpaired) electrons. The van der Waals surface area contributed by atoms with Crippen molar-refractivity contribution in [2.75, 3.05) is 13.1 Å². The standard InChI is InChI=1S/C14H18N4O2/c1-9-12-6-10(7-15-13(12)17(2)16-9)14(20)18-5-3-4-11(19)8-18/h6-7,11,19H,3-5,8H2,1-2H3/t11-/m0/s1. The molecule has 106 valence electrons. The minimum absolute atomic E-state index is 0.0681. The van der Waals surface area contributed by atoms with Crippen molar-refractivity contribution in [2.24, 2.45) is 7.05 Å². The third-order valence-corrected chi connectivity index (χ3v) is 3.79. The number of likely N-dealkylation sites (tertiary alicyclic amines) is 1. The third-order valence-electron chi connectivity index (χ3n) is 3.79. The zero-order valence-corrected chi connectivity index (χ0v) is 11.7. The van der Waals surface area contributed by atoms with Crippen molar-refractivity contribution < 1.29 is 9.90 Å². The van der Waals surface area contributed by atoms with Crippen LogP contribution in [0.4, 0.5) is 0 Å². The number of fused-ring (bicyclic) bond motifs is 1. The lowest BCUT2D eigenvalue weighted by Crippen LogP contribution is -2.42. The van der Waals surface area contributed by atoms with Gasteiger partial charge in [-0.3, -0.25) is 9.48 Å². The molecule has 20 heavy (non-hydrogen) atoms. The van der Waals surface area contributed by atoms with Gasteiger partial charge in [0, 0.05) is 31.7 Å². The molecule has 0 unspecified atom stereocenters. The van der Waals surface area contributed by atoms with Gasteiger partial charge in [0.05, 0.1) is 17.4 Å². The van der Waals surface area contributed by atoms with Gasteiger partial charge in [-0.1, -0.05) is 0 Å². The summed E-state index contributed by atoms with van der Waals surface area (Å²) < 4.78 is 1.71. The number of aliphatic hydroxyl groups excluding tert-OH is 1. The van der Waals surface area contributed by atoms with E-state index in [1.807, 2.05) is 20.0 Å². The fourth-order valence-corrected chi connectivity index (χ4v) is 2.75. The van der Waals surface area contributed by atoms with Gasteiger partial charge < -0.3 is 10.0 Å². The van der Waals surface area contributed by atoms with Crippen LogP contribution in [-0.4, -0.2) is 49.9 Å². The van der Waals surface area contributed by atoms with Crippen LogP contribution < -0.4 is 0 Å². The summed E-state index contributed by atoms with van der Waals surface area (Å²) >= 11 is 0. The number of β-amino-alcohol motifs (C(OH)–C–C–N with tert-alkyl or cyclic N) is 1. The second kappa shape index (κ2) is 4.86. The van der Waals surface area contributed by atoms with Crippen molar-refractivity contribution in [2.45, 2.75) is 25.9 Å². The Kier molecular flexibility index (Phi) is 3.17. The second-order valence-corrected chi connectivity index (χ2v) is 5.35. The first-order valence-electron chi connectivity index (χ1n) is 6.83. The molecule has 3 heterocycles. The molecule has 1 atom stereocenters. The minimum atomic E-state index is -0.412. The molecule has 0 spiro atoms. The molecule has 0 aromatic carbocycles. The van der Waals surface area contributed by atoms with E-state index < -0.39 is 6.10 Å². The van der Waals surface area contributed by atoms with E-state index in [0.29, 0.717) is 18.7 Å². The molecule has 1 N–H and O–H groups in total. The largest absolute Gasteiger partial charge is 0.391 e. The smallest absolute Gasteiger partial charge is 0.255 e. The van der Waals surface area contributed by atoms with E-state index in [1.165, 1.54) is 0 Å². The lowest BCUT2D eigenvalue weighted by molar-refractivity contribution is 0.0473. The molecule has 0 aliphatic carbocycles. The van der Waals surface area contributed by atoms with Gasteiger partial charge in [-0.25, -0.2) is 4.98 Å². The number of aromatic nitrogens is 3. The second-order valence-electron chi connectivity index (χ2n) is 5.35. The topological polar surface area (TPSA) is 71.2 Å². The molecule has 2 aromatic rings. The van der Waals surface area contributed by atoms with Crippen LogP contribution in [0.1, 0.15) is 28.9 Å². The van der Waals surface area contributed by atoms with E-state index in [2.05, 4.69) is 10.1 Å². The Morgan fingerprint density at radius 1 is 1.50 bits per heavy atom. The highest BCUT2D eigenvalue weighted by Gasteiger charge is 2.23. The van der Waals surface area contributed by atoms with E-state index in [1.54, 1.807) is 15.8 Å². The van der Waals surface area contributed by atoms with Crippen molar-refractivity contribution in [3.05, 3.63) is 23.5 Å². The Morgan fingerprint density at radius 2 is 2.30 bits per heavy atom. The molecule has 0 bridgehead atoms. The highest BCUT2D eigenvalue weighted by Crippen LogP contribution is 2.19. The fraction of sp³-hybridized carbons (Fsp3) is 0.500. The number of hydrogen-bond acceptors (Lipinski definition) is 4. The maximum atomic E-state index is 12.5. The number of rotatable bonds is 1. The summed E-state index contributed by atoms with van der Waals surface area (Å²) in [7, 11) is 1.84. The number of nitrogens with zero attached hydrogens (tertiary/aromatic N) is 4. The highest BCUT2D eigenvalue weighted by atomic mass is 16.3. The zero-order chi connectivity index (χ0) is 14.3. The average Bonchev–Trinajstić information content (AvgIpc) is 2.73. The Morgan fingerprint density at radius 3 is 3.05 bits per heavy atom. The SMILES string of the molecule is Cc1nn(C)c2ncc(C(=O)N3CCC[C@H](O)C3)cc12. The molecule has 1 aliphatic heterocycles.